The second kappa shape index (κ2) is 12.4. The molecule has 0 spiro atoms. The molecule has 0 radical (unpaired) electrons. The highest BCUT2D eigenvalue weighted by atomic mass is 16.7. The van der Waals surface area contributed by atoms with E-state index >= 15 is 0 Å². The highest BCUT2D eigenvalue weighted by molar-refractivity contribution is 5.92. The second-order valence-corrected chi connectivity index (χ2v) is 9.30. The zero-order valence-electron chi connectivity index (χ0n) is 20.5. The van der Waals surface area contributed by atoms with Gasteiger partial charge in [-0.15, -0.1) is 0 Å². The Bertz CT molecular complexity index is 1020. The van der Waals surface area contributed by atoms with Gasteiger partial charge in [0, 0.05) is 43.2 Å². The Hall–Kier alpha value is -2.82. The summed E-state index contributed by atoms with van der Waals surface area (Å²) in [5.41, 5.74) is 3.17. The number of rotatable bonds is 9. The molecule has 0 aromatic heterocycles. The Morgan fingerprint density at radius 3 is 2.47 bits per heavy atom. The third kappa shape index (κ3) is 6.89. The third-order valence-corrected chi connectivity index (χ3v) is 6.67. The molecule has 2 aliphatic heterocycles. The number of morpholine rings is 1. The molecule has 4 atom stereocenters. The van der Waals surface area contributed by atoms with Crippen LogP contribution in [0.25, 0.3) is 0 Å². The van der Waals surface area contributed by atoms with Crippen molar-refractivity contribution in [3.05, 3.63) is 65.2 Å². The number of carboxylic acids is 1. The summed E-state index contributed by atoms with van der Waals surface area (Å²) in [6, 6.07) is 15.0. The van der Waals surface area contributed by atoms with Crippen molar-refractivity contribution in [2.24, 2.45) is 5.92 Å². The molecule has 0 bridgehead atoms. The molecule has 0 saturated carbocycles. The van der Waals surface area contributed by atoms with Gasteiger partial charge >= 0.3 is 5.97 Å². The van der Waals surface area contributed by atoms with Crippen molar-refractivity contribution in [1.82, 2.24) is 4.90 Å². The standard InChI is InChI=1S/C27H34N2O7/c1-18-23(16-29-11-13-34-14-12-29)35-27(36-26(18)20-7-5-19(17-30)6-8-20)21-3-2-4-22(15-21)28-24(31)9-10-25(32)33/h2-8,15,18,23,26-27,30H,9-14,16-17H2,1H3,(H,28,31)(H,32,33). The number of carboxylic acid groups (broad SMARTS) is 1. The molecule has 0 aliphatic carbocycles. The summed E-state index contributed by atoms with van der Waals surface area (Å²) < 4.78 is 18.5. The van der Waals surface area contributed by atoms with Gasteiger partial charge in [0.1, 0.15) is 0 Å². The van der Waals surface area contributed by atoms with Crippen molar-refractivity contribution in [3.8, 4) is 0 Å². The average molecular weight is 499 g/mol. The van der Waals surface area contributed by atoms with E-state index in [9.17, 15) is 14.7 Å². The lowest BCUT2D eigenvalue weighted by molar-refractivity contribution is -0.277. The molecule has 4 rings (SSSR count). The van der Waals surface area contributed by atoms with Crippen molar-refractivity contribution in [3.63, 3.8) is 0 Å². The lowest BCUT2D eigenvalue weighted by Crippen LogP contribution is -2.47. The maximum atomic E-state index is 12.1. The van der Waals surface area contributed by atoms with E-state index in [-0.39, 0.29) is 43.5 Å². The predicted molar refractivity (Wildman–Crippen MR) is 132 cm³/mol. The second-order valence-electron chi connectivity index (χ2n) is 9.30. The minimum absolute atomic E-state index is 0.0161. The van der Waals surface area contributed by atoms with Crippen LogP contribution in [0.4, 0.5) is 5.69 Å². The number of nitrogens with zero attached hydrogens (tertiary/aromatic N) is 1. The minimum Gasteiger partial charge on any atom is -0.481 e. The Balaban J connectivity index is 1.54. The van der Waals surface area contributed by atoms with Crippen LogP contribution >= 0.6 is 0 Å². The van der Waals surface area contributed by atoms with Crippen LogP contribution in [-0.4, -0.2) is 65.9 Å². The summed E-state index contributed by atoms with van der Waals surface area (Å²) in [6.45, 7) is 5.98. The minimum atomic E-state index is -1.01. The largest absolute Gasteiger partial charge is 0.481 e. The van der Waals surface area contributed by atoms with Gasteiger partial charge in [-0.1, -0.05) is 43.3 Å². The van der Waals surface area contributed by atoms with E-state index in [1.165, 1.54) is 0 Å². The number of hydrogen-bond acceptors (Lipinski definition) is 7. The molecule has 2 aromatic rings. The van der Waals surface area contributed by atoms with Gasteiger partial charge in [-0.25, -0.2) is 0 Å². The summed E-state index contributed by atoms with van der Waals surface area (Å²) >= 11 is 0. The molecule has 2 saturated heterocycles. The van der Waals surface area contributed by atoms with E-state index in [4.69, 9.17) is 19.3 Å². The van der Waals surface area contributed by atoms with Crippen LogP contribution in [-0.2, 0) is 30.4 Å². The zero-order valence-corrected chi connectivity index (χ0v) is 20.5. The van der Waals surface area contributed by atoms with E-state index < -0.39 is 12.3 Å². The fourth-order valence-electron chi connectivity index (χ4n) is 4.57. The van der Waals surface area contributed by atoms with Gasteiger partial charge in [0.15, 0.2) is 6.29 Å². The number of carbonyl (C=O) groups excluding carboxylic acids is 1. The van der Waals surface area contributed by atoms with Crippen LogP contribution in [0, 0.1) is 5.92 Å². The predicted octanol–water partition coefficient (Wildman–Crippen LogP) is 3.11. The fourth-order valence-corrected chi connectivity index (χ4v) is 4.57. The number of aliphatic hydroxyl groups is 1. The Morgan fingerprint density at radius 2 is 1.78 bits per heavy atom. The van der Waals surface area contributed by atoms with Crippen molar-refractivity contribution >= 4 is 17.6 Å². The summed E-state index contributed by atoms with van der Waals surface area (Å²) in [5, 5.41) is 21.0. The summed E-state index contributed by atoms with van der Waals surface area (Å²) in [5.74, 6) is -1.30. The van der Waals surface area contributed by atoms with Gasteiger partial charge in [-0.3, -0.25) is 14.5 Å². The summed E-state index contributed by atoms with van der Waals surface area (Å²) in [4.78, 5) is 25.2. The average Bonchev–Trinajstić information content (AvgIpc) is 2.89. The van der Waals surface area contributed by atoms with Gasteiger partial charge in [0.05, 0.1) is 38.4 Å². The molecule has 9 heteroatoms. The first kappa shape index (κ1) is 26.2. The molecule has 194 valence electrons. The monoisotopic (exact) mass is 498 g/mol. The third-order valence-electron chi connectivity index (χ3n) is 6.67. The van der Waals surface area contributed by atoms with Crippen molar-refractivity contribution in [1.29, 1.82) is 0 Å². The first-order valence-electron chi connectivity index (χ1n) is 12.3. The van der Waals surface area contributed by atoms with E-state index in [0.29, 0.717) is 18.9 Å². The maximum absolute atomic E-state index is 12.1. The van der Waals surface area contributed by atoms with Gasteiger partial charge in [-0.2, -0.15) is 0 Å². The molecule has 1 amide bonds. The quantitative estimate of drug-likeness (QED) is 0.483. The normalized spacial score (nSPS) is 24.8. The van der Waals surface area contributed by atoms with Crippen molar-refractivity contribution in [2.45, 2.75) is 44.9 Å². The maximum Gasteiger partial charge on any atom is 0.303 e. The van der Waals surface area contributed by atoms with Crippen LogP contribution in [0.5, 0.6) is 0 Å². The van der Waals surface area contributed by atoms with Gasteiger partial charge in [0.25, 0.3) is 0 Å². The molecule has 2 aliphatic rings. The molecule has 2 heterocycles. The SMILES string of the molecule is CC1C(CN2CCOCC2)OC(c2cccc(NC(=O)CCC(=O)O)c2)OC1c1ccc(CO)cc1. The first-order valence-corrected chi connectivity index (χ1v) is 12.3. The van der Waals surface area contributed by atoms with Crippen LogP contribution in [0.3, 0.4) is 0 Å². The topological polar surface area (TPSA) is 118 Å². The Morgan fingerprint density at radius 1 is 1.03 bits per heavy atom. The van der Waals surface area contributed by atoms with Gasteiger partial charge in [-0.05, 0) is 23.3 Å². The van der Waals surface area contributed by atoms with E-state index in [1.54, 1.807) is 12.1 Å². The number of anilines is 1. The van der Waals surface area contributed by atoms with E-state index in [2.05, 4.69) is 17.1 Å². The van der Waals surface area contributed by atoms with Gasteiger partial charge < -0.3 is 29.7 Å². The van der Waals surface area contributed by atoms with E-state index in [0.717, 1.165) is 36.3 Å². The number of aliphatic carboxylic acids is 1. The Labute approximate surface area is 211 Å². The Kier molecular flexibility index (Phi) is 9.06. The fraction of sp³-hybridized carbons (Fsp3) is 0.481. The van der Waals surface area contributed by atoms with Crippen molar-refractivity contribution < 1.29 is 34.0 Å². The molecule has 9 nitrogen and oxygen atoms in total. The highest BCUT2D eigenvalue weighted by Gasteiger charge is 2.39. The van der Waals surface area contributed by atoms with Crippen LogP contribution in [0.15, 0.2) is 48.5 Å². The van der Waals surface area contributed by atoms with Crippen LogP contribution in [0.1, 0.15) is 48.8 Å². The highest BCUT2D eigenvalue weighted by Crippen LogP contribution is 2.42. The lowest BCUT2D eigenvalue weighted by atomic mass is 9.90. The lowest BCUT2D eigenvalue weighted by Gasteiger charge is -2.43. The van der Waals surface area contributed by atoms with Gasteiger partial charge in [0.2, 0.25) is 5.91 Å². The number of amides is 1. The van der Waals surface area contributed by atoms with Crippen LogP contribution < -0.4 is 5.32 Å². The number of nitrogens with one attached hydrogen (secondary N) is 1. The first-order chi connectivity index (χ1) is 17.4. The van der Waals surface area contributed by atoms with Crippen molar-refractivity contribution in [2.75, 3.05) is 38.2 Å². The summed E-state index contributed by atoms with van der Waals surface area (Å²) in [7, 11) is 0. The molecule has 2 fully saturated rings. The number of hydrogen-bond donors (Lipinski definition) is 3. The molecule has 3 N–H and O–H groups in total. The summed E-state index contributed by atoms with van der Waals surface area (Å²) in [6.07, 6.45) is -1.29. The zero-order chi connectivity index (χ0) is 25.5. The molecule has 2 aromatic carbocycles. The molecular formula is C27H34N2O7. The smallest absolute Gasteiger partial charge is 0.303 e. The molecule has 4 unspecified atom stereocenters. The molecular weight excluding hydrogens is 464 g/mol. The molecule has 36 heavy (non-hydrogen) atoms. The van der Waals surface area contributed by atoms with E-state index in [1.807, 2.05) is 36.4 Å². The number of aliphatic hydroxyl groups excluding tert-OH is 1. The number of benzene rings is 2. The number of carbonyl (C=O) groups is 2. The number of ether oxygens (including phenoxy) is 3. The van der Waals surface area contributed by atoms with Crippen LogP contribution in [0.2, 0.25) is 0 Å².